The fourth-order valence-electron chi connectivity index (χ4n) is 2.45. The number of nitrogens with two attached hydrogens (primary N) is 1. The highest BCUT2D eigenvalue weighted by atomic mass is 32.2. The lowest BCUT2D eigenvalue weighted by atomic mass is 10.0. The van der Waals surface area contributed by atoms with Crippen LogP contribution in [-0.4, -0.2) is 39.9 Å². The summed E-state index contributed by atoms with van der Waals surface area (Å²) in [6.07, 6.45) is 0.980. The average Bonchev–Trinajstić information content (AvgIpc) is 3.05. The summed E-state index contributed by atoms with van der Waals surface area (Å²) in [5, 5.41) is 9.43. The number of hydrogen-bond acceptors (Lipinski definition) is 5. The van der Waals surface area contributed by atoms with Gasteiger partial charge in [0.05, 0.1) is 11.6 Å². The second kappa shape index (κ2) is 8.09. The molecule has 0 aliphatic rings. The van der Waals surface area contributed by atoms with Crippen LogP contribution in [0.4, 0.5) is 0 Å². The van der Waals surface area contributed by atoms with Crippen LogP contribution in [0.1, 0.15) is 34.5 Å². The van der Waals surface area contributed by atoms with Crippen molar-refractivity contribution >= 4 is 27.3 Å². The maximum Gasteiger partial charge on any atom is 0.252 e. The molecule has 1 aromatic heterocycles. The summed E-state index contributed by atoms with van der Waals surface area (Å²) in [5.41, 5.74) is 2.67. The van der Waals surface area contributed by atoms with Crippen molar-refractivity contribution in [3.05, 3.63) is 52.4 Å². The largest absolute Gasteiger partial charge is 0.350 e. The molecular weight excluding hydrogens is 358 g/mol. The maximum absolute atomic E-state index is 12.3. The molecule has 1 atom stereocenters. The van der Waals surface area contributed by atoms with Crippen LogP contribution in [0.3, 0.4) is 0 Å². The number of likely N-dealkylation sites (N-methyl/N-ethyl adjacent to an activating group) is 1. The van der Waals surface area contributed by atoms with Gasteiger partial charge in [-0.15, -0.1) is 11.3 Å². The van der Waals surface area contributed by atoms with Gasteiger partial charge in [0.15, 0.2) is 0 Å². The Morgan fingerprint density at radius 2 is 1.92 bits per heavy atom. The molecule has 6 nitrogen and oxygen atoms in total. The van der Waals surface area contributed by atoms with Crippen molar-refractivity contribution in [1.29, 1.82) is 0 Å². The van der Waals surface area contributed by atoms with Crippen molar-refractivity contribution in [2.75, 3.05) is 20.6 Å². The third kappa shape index (κ3) is 5.12. The Morgan fingerprint density at radius 3 is 2.40 bits per heavy atom. The summed E-state index contributed by atoms with van der Waals surface area (Å²) >= 11 is 0.942. The number of nitrogens with one attached hydrogen (secondary N) is 1. The molecule has 1 heterocycles. The summed E-state index contributed by atoms with van der Waals surface area (Å²) in [7, 11) is 0.126. The first-order chi connectivity index (χ1) is 11.7. The van der Waals surface area contributed by atoms with Crippen molar-refractivity contribution in [3.8, 4) is 0 Å². The Hall–Kier alpha value is -1.74. The zero-order chi connectivity index (χ0) is 18.6. The van der Waals surface area contributed by atoms with E-state index in [0.29, 0.717) is 12.1 Å². The van der Waals surface area contributed by atoms with E-state index >= 15 is 0 Å². The van der Waals surface area contributed by atoms with Gasteiger partial charge in [-0.05, 0) is 37.7 Å². The first-order valence-corrected chi connectivity index (χ1v) is 10.3. The second-order valence-corrected chi connectivity index (χ2v) is 8.68. The molecule has 2 aromatic rings. The molecule has 1 amide bonds. The van der Waals surface area contributed by atoms with Crippen LogP contribution >= 0.6 is 11.3 Å². The SMILES string of the molecule is CCc1ccc(C(CNC(=O)c2csc(S(N)(=O)=O)c2)N(C)C)cc1. The topological polar surface area (TPSA) is 92.5 Å². The summed E-state index contributed by atoms with van der Waals surface area (Å²) in [6, 6.07) is 9.64. The summed E-state index contributed by atoms with van der Waals surface area (Å²) in [4.78, 5) is 14.3. The van der Waals surface area contributed by atoms with E-state index in [9.17, 15) is 13.2 Å². The van der Waals surface area contributed by atoms with E-state index in [-0.39, 0.29) is 16.2 Å². The van der Waals surface area contributed by atoms with E-state index in [1.54, 1.807) is 0 Å². The molecular formula is C17H23N3O3S2. The lowest BCUT2D eigenvalue weighted by molar-refractivity contribution is 0.0942. The Labute approximate surface area is 152 Å². The van der Waals surface area contributed by atoms with Gasteiger partial charge in [0.2, 0.25) is 10.0 Å². The number of benzene rings is 1. The van der Waals surface area contributed by atoms with E-state index in [0.717, 1.165) is 23.3 Å². The number of sulfonamides is 1. The molecule has 2 rings (SSSR count). The Bertz CT molecular complexity index is 827. The third-order valence-electron chi connectivity index (χ3n) is 3.97. The fraction of sp³-hybridized carbons (Fsp3) is 0.353. The van der Waals surface area contributed by atoms with Gasteiger partial charge in [0, 0.05) is 11.9 Å². The monoisotopic (exact) mass is 381 g/mol. The van der Waals surface area contributed by atoms with Gasteiger partial charge in [-0.3, -0.25) is 4.79 Å². The lowest BCUT2D eigenvalue weighted by Crippen LogP contribution is -2.34. The van der Waals surface area contributed by atoms with Gasteiger partial charge < -0.3 is 10.2 Å². The van der Waals surface area contributed by atoms with Gasteiger partial charge >= 0.3 is 0 Å². The maximum atomic E-state index is 12.3. The molecule has 0 spiro atoms. The summed E-state index contributed by atoms with van der Waals surface area (Å²) in [5.74, 6) is -0.317. The number of primary sulfonamides is 1. The van der Waals surface area contributed by atoms with Crippen LogP contribution < -0.4 is 10.5 Å². The zero-order valence-electron chi connectivity index (χ0n) is 14.5. The normalized spacial score (nSPS) is 13.0. The van der Waals surface area contributed by atoms with Gasteiger partial charge in [-0.25, -0.2) is 13.6 Å². The standard InChI is InChI=1S/C17H23N3O3S2/c1-4-12-5-7-13(8-6-12)15(20(2)3)10-19-17(21)14-9-16(24-11-14)25(18,22)23/h5-9,11,15H,4,10H2,1-3H3,(H,19,21)(H2,18,22,23). The smallest absolute Gasteiger partial charge is 0.252 e. The van der Waals surface area contributed by atoms with E-state index < -0.39 is 10.0 Å². The van der Waals surface area contributed by atoms with Crippen LogP contribution in [0.2, 0.25) is 0 Å². The lowest BCUT2D eigenvalue weighted by Gasteiger charge is -2.25. The average molecular weight is 382 g/mol. The quantitative estimate of drug-likeness (QED) is 0.767. The first-order valence-electron chi connectivity index (χ1n) is 7.87. The fourth-order valence-corrected chi connectivity index (χ4v) is 4.04. The molecule has 0 radical (unpaired) electrons. The minimum Gasteiger partial charge on any atom is -0.350 e. The number of amides is 1. The Morgan fingerprint density at radius 1 is 1.28 bits per heavy atom. The van der Waals surface area contributed by atoms with Gasteiger partial charge in [-0.1, -0.05) is 31.2 Å². The molecule has 1 unspecified atom stereocenters. The van der Waals surface area contributed by atoms with Crippen LogP contribution in [0.5, 0.6) is 0 Å². The summed E-state index contributed by atoms with van der Waals surface area (Å²) in [6.45, 7) is 2.52. The molecule has 25 heavy (non-hydrogen) atoms. The molecule has 3 N–H and O–H groups in total. The number of aryl methyl sites for hydroxylation is 1. The molecule has 0 saturated carbocycles. The van der Waals surface area contributed by atoms with Crippen LogP contribution in [-0.2, 0) is 16.4 Å². The number of hydrogen-bond donors (Lipinski definition) is 2. The summed E-state index contributed by atoms with van der Waals surface area (Å²) < 4.78 is 22.6. The number of thiophene rings is 1. The minimum absolute atomic E-state index is 0.0167. The van der Waals surface area contributed by atoms with Crippen molar-refractivity contribution in [3.63, 3.8) is 0 Å². The van der Waals surface area contributed by atoms with Crippen molar-refractivity contribution < 1.29 is 13.2 Å². The van der Waals surface area contributed by atoms with Gasteiger partial charge in [-0.2, -0.15) is 0 Å². The first kappa shape index (κ1) is 19.6. The highest BCUT2D eigenvalue weighted by molar-refractivity contribution is 7.91. The number of rotatable bonds is 7. The Kier molecular flexibility index (Phi) is 6.34. The van der Waals surface area contributed by atoms with Crippen LogP contribution in [0, 0.1) is 0 Å². The van der Waals surface area contributed by atoms with E-state index in [1.165, 1.54) is 17.0 Å². The van der Waals surface area contributed by atoms with E-state index in [4.69, 9.17) is 5.14 Å². The number of carbonyl (C=O) groups is 1. The predicted molar refractivity (Wildman–Crippen MR) is 100 cm³/mol. The minimum atomic E-state index is -3.78. The highest BCUT2D eigenvalue weighted by Crippen LogP contribution is 2.20. The van der Waals surface area contributed by atoms with Crippen LogP contribution in [0.25, 0.3) is 0 Å². The van der Waals surface area contributed by atoms with Crippen molar-refractivity contribution in [2.45, 2.75) is 23.6 Å². The number of carbonyl (C=O) groups excluding carboxylic acids is 1. The van der Waals surface area contributed by atoms with Crippen molar-refractivity contribution in [2.24, 2.45) is 5.14 Å². The molecule has 0 aliphatic carbocycles. The van der Waals surface area contributed by atoms with Gasteiger partial charge in [0.1, 0.15) is 4.21 Å². The molecule has 8 heteroatoms. The van der Waals surface area contributed by atoms with Gasteiger partial charge in [0.25, 0.3) is 5.91 Å². The zero-order valence-corrected chi connectivity index (χ0v) is 16.2. The van der Waals surface area contributed by atoms with Crippen LogP contribution in [0.15, 0.2) is 39.9 Å². The van der Waals surface area contributed by atoms with E-state index in [1.807, 2.05) is 19.0 Å². The molecule has 0 fully saturated rings. The highest BCUT2D eigenvalue weighted by Gasteiger charge is 2.18. The molecule has 0 bridgehead atoms. The third-order valence-corrected chi connectivity index (χ3v) is 6.36. The Balaban J connectivity index is 2.07. The molecule has 0 aliphatic heterocycles. The molecule has 136 valence electrons. The van der Waals surface area contributed by atoms with E-state index in [2.05, 4.69) is 36.5 Å². The van der Waals surface area contributed by atoms with Crippen molar-refractivity contribution in [1.82, 2.24) is 10.2 Å². The predicted octanol–water partition coefficient (Wildman–Crippen LogP) is 1.99. The molecule has 1 aromatic carbocycles. The number of nitrogens with zero attached hydrogens (tertiary/aromatic N) is 1. The second-order valence-electron chi connectivity index (χ2n) is 5.98. The molecule has 0 saturated heterocycles.